The summed E-state index contributed by atoms with van der Waals surface area (Å²) in [6, 6.07) is 86.2. The van der Waals surface area contributed by atoms with Crippen LogP contribution < -0.4 is 4.90 Å². The Bertz CT molecular complexity index is 2620. The van der Waals surface area contributed by atoms with Crippen LogP contribution in [0.3, 0.4) is 0 Å². The molecule has 0 unspecified atom stereocenters. The van der Waals surface area contributed by atoms with Crippen LogP contribution in [0.2, 0.25) is 0 Å². The minimum Gasteiger partial charge on any atom is -0.310 e. The second-order valence-corrected chi connectivity index (χ2v) is 14.5. The van der Waals surface area contributed by atoms with Crippen molar-refractivity contribution < 1.29 is 1.43 Å². The van der Waals surface area contributed by atoms with Crippen LogP contribution in [-0.4, -0.2) is 0 Å². The molecule has 0 aliphatic heterocycles. The third kappa shape index (κ3) is 6.15. The van der Waals surface area contributed by atoms with Crippen molar-refractivity contribution in [1.82, 2.24) is 0 Å². The number of anilines is 3. The van der Waals surface area contributed by atoms with Crippen molar-refractivity contribution in [2.24, 2.45) is 0 Å². The van der Waals surface area contributed by atoms with Gasteiger partial charge in [0.05, 0.1) is 5.41 Å². The molecule has 57 heavy (non-hydrogen) atoms. The number of nitrogens with zero attached hydrogens (tertiary/aromatic N) is 1. The summed E-state index contributed by atoms with van der Waals surface area (Å²) in [4.78, 5) is 2.41. The average Bonchev–Trinajstić information content (AvgIpc) is 3.59. The fraction of sp³-hybridized carbons (Fsp3) is 0.0357. The van der Waals surface area contributed by atoms with Crippen molar-refractivity contribution in [2.75, 3.05) is 4.90 Å². The molecule has 0 spiro atoms. The van der Waals surface area contributed by atoms with Gasteiger partial charge in [-0.2, -0.15) is 0 Å². The van der Waals surface area contributed by atoms with E-state index < -0.39 is 5.41 Å². The summed E-state index contributed by atoms with van der Waals surface area (Å²) in [7, 11) is 0. The Balaban J connectivity index is 0.00000235. The maximum Gasteiger partial charge on any atom is 0.0714 e. The van der Waals surface area contributed by atoms with Crippen LogP contribution in [0, 0.1) is 0 Å². The molecule has 0 atom stereocenters. The van der Waals surface area contributed by atoms with Gasteiger partial charge >= 0.3 is 0 Å². The van der Waals surface area contributed by atoms with Gasteiger partial charge in [0.1, 0.15) is 0 Å². The molecule has 9 aromatic carbocycles. The van der Waals surface area contributed by atoms with Crippen LogP contribution in [0.25, 0.3) is 44.5 Å². The Morgan fingerprint density at radius 1 is 0.298 bits per heavy atom. The third-order valence-electron chi connectivity index (χ3n) is 11.4. The summed E-state index contributed by atoms with van der Waals surface area (Å²) in [5.74, 6) is 0. The average molecular weight is 732 g/mol. The van der Waals surface area contributed by atoms with Crippen LogP contribution in [0.4, 0.5) is 17.1 Å². The van der Waals surface area contributed by atoms with Crippen LogP contribution in [0.15, 0.2) is 237 Å². The summed E-state index contributed by atoms with van der Waals surface area (Å²) < 4.78 is 0. The maximum absolute atomic E-state index is 2.46. The highest BCUT2D eigenvalue weighted by molar-refractivity contribution is 5.97. The summed E-state index contributed by atoms with van der Waals surface area (Å²) in [6.07, 6.45) is 0. The molecule has 0 aromatic heterocycles. The van der Waals surface area contributed by atoms with Crippen molar-refractivity contribution in [3.63, 3.8) is 0 Å². The van der Waals surface area contributed by atoms with E-state index in [0.717, 1.165) is 17.1 Å². The second-order valence-electron chi connectivity index (χ2n) is 14.5. The van der Waals surface area contributed by atoms with Crippen molar-refractivity contribution in [1.29, 1.82) is 0 Å². The lowest BCUT2D eigenvalue weighted by molar-refractivity contribution is 0.768. The van der Waals surface area contributed by atoms with Crippen LogP contribution in [0.1, 0.15) is 31.1 Å². The Morgan fingerprint density at radius 2 is 0.702 bits per heavy atom. The lowest BCUT2D eigenvalue weighted by Crippen LogP contribution is -2.28. The molecule has 1 aliphatic carbocycles. The predicted octanol–water partition coefficient (Wildman–Crippen LogP) is 15.4. The lowest BCUT2D eigenvalue weighted by atomic mass is 9.67. The molecule has 10 rings (SSSR count). The zero-order chi connectivity index (χ0) is 37.3. The lowest BCUT2D eigenvalue weighted by Gasteiger charge is -2.35. The van der Waals surface area contributed by atoms with Crippen LogP contribution >= 0.6 is 0 Å². The molecule has 0 radical (unpaired) electrons. The zero-order valence-corrected chi connectivity index (χ0v) is 31.0. The minimum absolute atomic E-state index is 0. The van der Waals surface area contributed by atoms with Gasteiger partial charge in [-0.1, -0.05) is 208 Å². The highest BCUT2D eigenvalue weighted by Gasteiger charge is 2.47. The van der Waals surface area contributed by atoms with E-state index in [4.69, 9.17) is 0 Å². The highest BCUT2D eigenvalue weighted by atomic mass is 15.1. The molecule has 0 fully saturated rings. The molecular weight excluding hydrogens is 687 g/mol. The van der Waals surface area contributed by atoms with E-state index in [1.165, 1.54) is 66.8 Å². The highest BCUT2D eigenvalue weighted by Crippen LogP contribution is 2.59. The van der Waals surface area contributed by atoms with Gasteiger partial charge in [-0.05, 0) is 103 Å². The van der Waals surface area contributed by atoms with Crippen molar-refractivity contribution in [3.05, 3.63) is 259 Å². The van der Waals surface area contributed by atoms with E-state index in [0.29, 0.717) is 0 Å². The molecule has 0 amide bonds. The Morgan fingerprint density at radius 3 is 1.18 bits per heavy atom. The smallest absolute Gasteiger partial charge is 0.0714 e. The van der Waals surface area contributed by atoms with E-state index in [-0.39, 0.29) is 8.85 Å². The second kappa shape index (κ2) is 15.1. The molecule has 0 saturated heterocycles. The van der Waals surface area contributed by atoms with Crippen LogP contribution in [0.5, 0.6) is 0 Å². The molecule has 0 bridgehead atoms. The number of hydrogen-bond donors (Lipinski definition) is 0. The van der Waals surface area contributed by atoms with E-state index in [9.17, 15) is 0 Å². The monoisotopic (exact) mass is 731 g/mol. The van der Waals surface area contributed by atoms with Gasteiger partial charge in [0.2, 0.25) is 0 Å². The molecule has 1 heteroatoms. The minimum atomic E-state index is -0.548. The standard InChI is InChI=1S/C55H39N.CH4.H2/c1-6-17-40(18-7-1)42-29-33-47(34-30-42)56(48-35-31-43(32-36-48)41-19-8-2-9-20-41)49-37-38-51-53(39-49)55(45-23-12-4-13-24-45,46-25-14-5-15-26-46)52-28-16-27-50(54(51)52)44-21-10-3-11-22-44;;/h1-39H;1H4;1H. The van der Waals surface area contributed by atoms with Gasteiger partial charge < -0.3 is 4.90 Å². The first-order chi connectivity index (χ1) is 27.8. The van der Waals surface area contributed by atoms with Crippen LogP contribution in [-0.2, 0) is 5.41 Å². The molecule has 9 aromatic rings. The topological polar surface area (TPSA) is 3.24 Å². The van der Waals surface area contributed by atoms with Gasteiger partial charge in [-0.3, -0.25) is 0 Å². The van der Waals surface area contributed by atoms with Gasteiger partial charge in [0.25, 0.3) is 0 Å². The molecule has 0 N–H and O–H groups in total. The quantitative estimate of drug-likeness (QED) is 0.150. The largest absolute Gasteiger partial charge is 0.310 e. The Hall–Kier alpha value is -7.22. The molecule has 1 aliphatic rings. The zero-order valence-electron chi connectivity index (χ0n) is 31.0. The fourth-order valence-electron chi connectivity index (χ4n) is 8.84. The first-order valence-electron chi connectivity index (χ1n) is 19.3. The molecule has 1 nitrogen and oxygen atoms in total. The number of fused-ring (bicyclic) bond motifs is 3. The SMILES string of the molecule is C.[HH].c1ccc(-c2ccc(N(c3ccc(-c4ccccc4)cc3)c3ccc4c(c3)C(c3ccccc3)(c3ccccc3)c3cccc(-c5ccccc5)c3-4)cc2)cc1. The van der Waals surface area contributed by atoms with Crippen molar-refractivity contribution >= 4 is 17.1 Å². The molecular formula is C56H45N. The van der Waals surface area contributed by atoms with E-state index in [2.05, 4.69) is 241 Å². The summed E-state index contributed by atoms with van der Waals surface area (Å²) >= 11 is 0. The van der Waals surface area contributed by atoms with Gasteiger partial charge in [-0.15, -0.1) is 0 Å². The van der Waals surface area contributed by atoms with Crippen molar-refractivity contribution in [3.8, 4) is 44.5 Å². The Kier molecular flexibility index (Phi) is 9.42. The Labute approximate surface area is 338 Å². The first-order valence-corrected chi connectivity index (χ1v) is 19.3. The predicted molar refractivity (Wildman–Crippen MR) is 244 cm³/mol. The molecule has 274 valence electrons. The summed E-state index contributed by atoms with van der Waals surface area (Å²) in [6.45, 7) is 0. The molecule has 0 saturated carbocycles. The van der Waals surface area contributed by atoms with Gasteiger partial charge in [0, 0.05) is 18.5 Å². The fourth-order valence-corrected chi connectivity index (χ4v) is 8.84. The normalized spacial score (nSPS) is 12.2. The summed E-state index contributed by atoms with van der Waals surface area (Å²) in [5.41, 5.74) is 17.6. The van der Waals surface area contributed by atoms with Gasteiger partial charge in [0.15, 0.2) is 0 Å². The number of rotatable bonds is 8. The number of benzene rings is 9. The maximum atomic E-state index is 2.46. The first kappa shape index (κ1) is 35.5. The van der Waals surface area contributed by atoms with Crippen molar-refractivity contribution in [2.45, 2.75) is 12.8 Å². The van der Waals surface area contributed by atoms with E-state index >= 15 is 0 Å². The number of hydrogen-bond acceptors (Lipinski definition) is 1. The summed E-state index contributed by atoms with van der Waals surface area (Å²) in [5, 5.41) is 0. The van der Waals surface area contributed by atoms with E-state index in [1.54, 1.807) is 0 Å². The van der Waals surface area contributed by atoms with Gasteiger partial charge in [-0.25, -0.2) is 0 Å². The molecule has 0 heterocycles. The third-order valence-corrected chi connectivity index (χ3v) is 11.4. The van der Waals surface area contributed by atoms with E-state index in [1.807, 2.05) is 0 Å².